The van der Waals surface area contributed by atoms with E-state index in [4.69, 9.17) is 16.3 Å². The normalized spacial score (nSPS) is 11.2. The number of esters is 1. The minimum Gasteiger partial charge on any atom is -0.462 e. The minimum atomic E-state index is -3.94. The van der Waals surface area contributed by atoms with Gasteiger partial charge in [-0.15, -0.1) is 0 Å². The molecule has 2 aromatic carbocycles. The van der Waals surface area contributed by atoms with E-state index in [9.17, 15) is 13.2 Å². The monoisotopic (exact) mass is 367 g/mol. The number of hydrogen-bond donors (Lipinski definition) is 1. The minimum absolute atomic E-state index is 0.0286. The number of sulfonamides is 1. The van der Waals surface area contributed by atoms with Crippen molar-refractivity contribution in [3.8, 4) is 0 Å². The first-order valence-corrected chi connectivity index (χ1v) is 9.17. The molecule has 0 spiro atoms. The van der Waals surface area contributed by atoms with Crippen molar-refractivity contribution in [2.45, 2.75) is 25.7 Å². The molecule has 0 fully saturated rings. The number of halogens is 1. The first-order valence-electron chi connectivity index (χ1n) is 7.31. The van der Waals surface area contributed by atoms with Crippen molar-refractivity contribution in [1.82, 2.24) is 0 Å². The fraction of sp³-hybridized carbons (Fsp3) is 0.235. The lowest BCUT2D eigenvalue weighted by molar-refractivity contribution is 0.0526. The summed E-state index contributed by atoms with van der Waals surface area (Å²) in [4.78, 5) is 11.6. The molecule has 0 aromatic heterocycles. The Hall–Kier alpha value is -2.05. The molecule has 0 aliphatic carbocycles. The van der Waals surface area contributed by atoms with Crippen LogP contribution in [0.15, 0.2) is 41.3 Å². The molecule has 7 heteroatoms. The molecule has 0 unspecified atom stereocenters. The molecule has 1 N–H and O–H groups in total. The predicted molar refractivity (Wildman–Crippen MR) is 94.1 cm³/mol. The summed E-state index contributed by atoms with van der Waals surface area (Å²) < 4.78 is 32.8. The van der Waals surface area contributed by atoms with Crippen LogP contribution in [-0.4, -0.2) is 21.0 Å². The number of anilines is 1. The molecule has 24 heavy (non-hydrogen) atoms. The Balaban J connectivity index is 2.43. The van der Waals surface area contributed by atoms with Crippen molar-refractivity contribution >= 4 is 33.3 Å². The van der Waals surface area contributed by atoms with Gasteiger partial charge in [-0.1, -0.05) is 23.7 Å². The van der Waals surface area contributed by atoms with E-state index in [2.05, 4.69) is 4.72 Å². The highest BCUT2D eigenvalue weighted by Crippen LogP contribution is 2.27. The standard InChI is InChI=1S/C17H18ClNO4S/c1-4-23-17(20)13-7-8-14(18)16(10-13)24(21,22)19-15-9-11(2)5-6-12(15)3/h5-10,19H,4H2,1-3H3. The topological polar surface area (TPSA) is 72.5 Å². The molecule has 0 amide bonds. The molecule has 0 saturated heterocycles. The third-order valence-corrected chi connectivity index (χ3v) is 5.22. The van der Waals surface area contributed by atoms with Crippen LogP contribution < -0.4 is 4.72 Å². The van der Waals surface area contributed by atoms with Gasteiger partial charge in [0.2, 0.25) is 0 Å². The van der Waals surface area contributed by atoms with Gasteiger partial charge in [-0.3, -0.25) is 4.72 Å². The van der Waals surface area contributed by atoms with E-state index in [-0.39, 0.29) is 22.1 Å². The van der Waals surface area contributed by atoms with E-state index in [0.717, 1.165) is 11.1 Å². The number of nitrogens with one attached hydrogen (secondary N) is 1. The van der Waals surface area contributed by atoms with Crippen LogP contribution in [0.3, 0.4) is 0 Å². The number of hydrogen-bond acceptors (Lipinski definition) is 4. The Morgan fingerprint density at radius 2 is 1.88 bits per heavy atom. The van der Waals surface area contributed by atoms with Gasteiger partial charge in [0.05, 0.1) is 22.9 Å². The van der Waals surface area contributed by atoms with Gasteiger partial charge in [-0.2, -0.15) is 0 Å². The number of ether oxygens (including phenoxy) is 1. The van der Waals surface area contributed by atoms with E-state index < -0.39 is 16.0 Å². The van der Waals surface area contributed by atoms with E-state index >= 15 is 0 Å². The van der Waals surface area contributed by atoms with Gasteiger partial charge in [0.25, 0.3) is 10.0 Å². The lowest BCUT2D eigenvalue weighted by Gasteiger charge is -2.13. The van der Waals surface area contributed by atoms with E-state index in [1.807, 2.05) is 19.1 Å². The highest BCUT2D eigenvalue weighted by Gasteiger charge is 2.21. The molecule has 0 aliphatic rings. The van der Waals surface area contributed by atoms with Gasteiger partial charge in [-0.05, 0) is 56.2 Å². The van der Waals surface area contributed by atoms with Crippen molar-refractivity contribution in [3.05, 3.63) is 58.1 Å². The first kappa shape index (κ1) is 18.3. The second-order valence-electron chi connectivity index (χ2n) is 5.29. The SMILES string of the molecule is CCOC(=O)c1ccc(Cl)c(S(=O)(=O)Nc2cc(C)ccc2C)c1. The molecule has 0 saturated carbocycles. The van der Waals surface area contributed by atoms with Crippen LogP contribution >= 0.6 is 11.6 Å². The summed E-state index contributed by atoms with van der Waals surface area (Å²) in [6, 6.07) is 9.46. The van der Waals surface area contributed by atoms with E-state index in [1.165, 1.54) is 18.2 Å². The highest BCUT2D eigenvalue weighted by molar-refractivity contribution is 7.92. The van der Waals surface area contributed by atoms with Crippen molar-refractivity contribution in [1.29, 1.82) is 0 Å². The zero-order valence-corrected chi connectivity index (χ0v) is 15.2. The second-order valence-corrected chi connectivity index (χ2v) is 7.35. The van der Waals surface area contributed by atoms with Crippen LogP contribution in [0.4, 0.5) is 5.69 Å². The number of carbonyl (C=O) groups is 1. The molecule has 2 rings (SSSR count). The van der Waals surface area contributed by atoms with Crippen molar-refractivity contribution < 1.29 is 17.9 Å². The fourth-order valence-corrected chi connectivity index (χ4v) is 3.74. The molecule has 0 bridgehead atoms. The molecule has 2 aromatic rings. The largest absolute Gasteiger partial charge is 0.462 e. The lowest BCUT2D eigenvalue weighted by Crippen LogP contribution is -2.15. The van der Waals surface area contributed by atoms with Gasteiger partial charge in [-0.25, -0.2) is 13.2 Å². The number of benzene rings is 2. The maximum absolute atomic E-state index is 12.7. The summed E-state index contributed by atoms with van der Waals surface area (Å²) >= 11 is 6.03. The van der Waals surface area contributed by atoms with E-state index in [1.54, 1.807) is 19.9 Å². The number of carbonyl (C=O) groups excluding carboxylic acids is 1. The molecular formula is C17H18ClNO4S. The summed E-state index contributed by atoms with van der Waals surface area (Å²) in [5, 5.41) is 0.0286. The first-order chi connectivity index (χ1) is 11.2. The quantitative estimate of drug-likeness (QED) is 0.812. The summed E-state index contributed by atoms with van der Waals surface area (Å²) in [5.74, 6) is -0.600. The average molecular weight is 368 g/mol. The Morgan fingerprint density at radius 1 is 1.17 bits per heavy atom. The smallest absolute Gasteiger partial charge is 0.338 e. The van der Waals surface area contributed by atoms with Crippen LogP contribution in [0.2, 0.25) is 5.02 Å². The van der Waals surface area contributed by atoms with Crippen LogP contribution in [0.5, 0.6) is 0 Å². The van der Waals surface area contributed by atoms with Crippen LogP contribution in [0.1, 0.15) is 28.4 Å². The zero-order valence-electron chi connectivity index (χ0n) is 13.6. The second kappa shape index (κ2) is 7.23. The highest BCUT2D eigenvalue weighted by atomic mass is 35.5. The van der Waals surface area contributed by atoms with Gasteiger partial charge in [0, 0.05) is 0 Å². The lowest BCUT2D eigenvalue weighted by atomic mass is 10.1. The third-order valence-electron chi connectivity index (χ3n) is 3.37. The molecule has 5 nitrogen and oxygen atoms in total. The molecule has 0 atom stereocenters. The number of rotatable bonds is 5. The third kappa shape index (κ3) is 4.07. The zero-order chi connectivity index (χ0) is 17.9. The summed E-state index contributed by atoms with van der Waals surface area (Å²) in [7, 11) is -3.94. The Morgan fingerprint density at radius 3 is 2.54 bits per heavy atom. The summed E-state index contributed by atoms with van der Waals surface area (Å²) in [6.45, 7) is 5.54. The van der Waals surface area contributed by atoms with Crippen LogP contribution in [0, 0.1) is 13.8 Å². The summed E-state index contributed by atoms with van der Waals surface area (Å²) in [6.07, 6.45) is 0. The van der Waals surface area contributed by atoms with Crippen molar-refractivity contribution in [3.63, 3.8) is 0 Å². The van der Waals surface area contributed by atoms with Gasteiger partial charge < -0.3 is 4.74 Å². The van der Waals surface area contributed by atoms with Gasteiger partial charge in [0.15, 0.2) is 0 Å². The summed E-state index contributed by atoms with van der Waals surface area (Å²) in [5.41, 5.74) is 2.29. The van der Waals surface area contributed by atoms with Crippen LogP contribution in [-0.2, 0) is 14.8 Å². The Kier molecular flexibility index (Phi) is 5.51. The number of aryl methyl sites for hydroxylation is 2. The predicted octanol–water partition coefficient (Wildman–Crippen LogP) is 3.93. The average Bonchev–Trinajstić information content (AvgIpc) is 2.51. The van der Waals surface area contributed by atoms with Crippen molar-refractivity contribution in [2.24, 2.45) is 0 Å². The molecule has 0 radical (unpaired) electrons. The molecule has 0 heterocycles. The molecular weight excluding hydrogens is 350 g/mol. The van der Waals surface area contributed by atoms with E-state index in [0.29, 0.717) is 5.69 Å². The maximum atomic E-state index is 12.7. The maximum Gasteiger partial charge on any atom is 0.338 e. The Bertz CT molecular complexity index is 878. The Labute approximate surface area is 146 Å². The molecule has 0 aliphatic heterocycles. The van der Waals surface area contributed by atoms with Gasteiger partial charge >= 0.3 is 5.97 Å². The van der Waals surface area contributed by atoms with Crippen LogP contribution in [0.25, 0.3) is 0 Å². The fourth-order valence-electron chi connectivity index (χ4n) is 2.10. The molecule has 128 valence electrons. The van der Waals surface area contributed by atoms with Crippen molar-refractivity contribution in [2.75, 3.05) is 11.3 Å². The van der Waals surface area contributed by atoms with Gasteiger partial charge in [0.1, 0.15) is 4.90 Å².